The Morgan fingerprint density at radius 2 is 2.16 bits per heavy atom. The van der Waals surface area contributed by atoms with Crippen LogP contribution in [0.15, 0.2) is 24.4 Å². The number of aromatic nitrogens is 2. The summed E-state index contributed by atoms with van der Waals surface area (Å²) in [5.41, 5.74) is 3.93. The molecule has 4 heteroatoms. The Labute approximate surface area is 112 Å². The number of nitriles is 1. The van der Waals surface area contributed by atoms with Gasteiger partial charge in [-0.3, -0.25) is 0 Å². The van der Waals surface area contributed by atoms with Gasteiger partial charge >= 0.3 is 0 Å². The molecule has 1 aromatic heterocycles. The molecule has 0 amide bonds. The maximum absolute atomic E-state index is 9.27. The highest BCUT2D eigenvalue weighted by Gasteiger charge is 2.43. The van der Waals surface area contributed by atoms with Crippen molar-refractivity contribution in [2.45, 2.75) is 19.3 Å². The lowest BCUT2D eigenvalue weighted by Gasteiger charge is -2.32. The number of rotatable bonds is 2. The lowest BCUT2D eigenvalue weighted by molar-refractivity contribution is -0.0335. The normalized spacial score (nSPS) is 16.7. The summed E-state index contributed by atoms with van der Waals surface area (Å²) in [6, 6.07) is 8.60. The number of imidazole rings is 1. The summed E-state index contributed by atoms with van der Waals surface area (Å²) in [6.07, 6.45) is 1.80. The molecule has 1 fully saturated rings. The third-order valence-corrected chi connectivity index (χ3v) is 3.61. The van der Waals surface area contributed by atoms with Gasteiger partial charge in [0.05, 0.1) is 31.2 Å². The average molecular weight is 253 g/mol. The first-order chi connectivity index (χ1) is 9.14. The van der Waals surface area contributed by atoms with Gasteiger partial charge in [-0.15, -0.1) is 0 Å². The van der Waals surface area contributed by atoms with Crippen molar-refractivity contribution in [1.82, 2.24) is 9.97 Å². The van der Waals surface area contributed by atoms with E-state index in [4.69, 9.17) is 4.74 Å². The van der Waals surface area contributed by atoms with Gasteiger partial charge in [0.1, 0.15) is 5.82 Å². The number of nitrogens with one attached hydrogen (secondary N) is 1. The van der Waals surface area contributed by atoms with Crippen LogP contribution < -0.4 is 0 Å². The Morgan fingerprint density at radius 1 is 1.37 bits per heavy atom. The lowest BCUT2D eigenvalue weighted by Crippen LogP contribution is -2.46. The molecular formula is C15H15N3O. The first kappa shape index (κ1) is 11.9. The second kappa shape index (κ2) is 4.22. The van der Waals surface area contributed by atoms with Crippen LogP contribution in [0.5, 0.6) is 0 Å². The molecule has 96 valence electrons. The van der Waals surface area contributed by atoms with E-state index in [0.717, 1.165) is 11.3 Å². The zero-order valence-corrected chi connectivity index (χ0v) is 11.0. The fourth-order valence-electron chi connectivity index (χ4n) is 2.38. The zero-order chi connectivity index (χ0) is 13.5. The number of aromatic amines is 1. The summed E-state index contributed by atoms with van der Waals surface area (Å²) < 4.78 is 5.16. The molecule has 0 bridgehead atoms. The first-order valence-electron chi connectivity index (χ1n) is 6.27. The number of aryl methyl sites for hydroxylation is 2. The van der Waals surface area contributed by atoms with Crippen molar-refractivity contribution in [3.05, 3.63) is 41.3 Å². The largest absolute Gasteiger partial charge is 0.377 e. The smallest absolute Gasteiger partial charge is 0.161 e. The van der Waals surface area contributed by atoms with Crippen molar-refractivity contribution in [2.75, 3.05) is 13.2 Å². The molecule has 0 atom stereocenters. The molecule has 19 heavy (non-hydrogen) atoms. The molecule has 1 aliphatic rings. The van der Waals surface area contributed by atoms with Crippen molar-refractivity contribution in [2.24, 2.45) is 0 Å². The minimum Gasteiger partial charge on any atom is -0.377 e. The van der Waals surface area contributed by atoms with Gasteiger partial charge in [0.25, 0.3) is 0 Å². The van der Waals surface area contributed by atoms with Gasteiger partial charge in [-0.1, -0.05) is 23.8 Å². The van der Waals surface area contributed by atoms with Crippen LogP contribution in [0.2, 0.25) is 0 Å². The molecule has 0 unspecified atom stereocenters. The van der Waals surface area contributed by atoms with E-state index in [1.807, 2.05) is 0 Å². The van der Waals surface area contributed by atoms with Gasteiger partial charge in [0.2, 0.25) is 0 Å². The molecule has 3 rings (SSSR count). The van der Waals surface area contributed by atoms with Crippen LogP contribution in [0.4, 0.5) is 0 Å². The van der Waals surface area contributed by atoms with Crippen molar-refractivity contribution in [3.63, 3.8) is 0 Å². The van der Waals surface area contributed by atoms with E-state index in [-0.39, 0.29) is 0 Å². The van der Waals surface area contributed by atoms with Crippen molar-refractivity contribution < 1.29 is 4.74 Å². The molecule has 1 aromatic carbocycles. The molecule has 1 aliphatic heterocycles. The Balaban J connectivity index is 2.00. The average Bonchev–Trinajstić information content (AvgIpc) is 2.78. The first-order valence-corrected chi connectivity index (χ1v) is 6.27. The van der Waals surface area contributed by atoms with Crippen molar-refractivity contribution in [1.29, 1.82) is 5.26 Å². The van der Waals surface area contributed by atoms with Crippen LogP contribution in [0.1, 0.15) is 17.0 Å². The predicted molar refractivity (Wildman–Crippen MR) is 71.6 cm³/mol. The summed E-state index contributed by atoms with van der Waals surface area (Å²) in [6.45, 7) is 4.99. The minimum atomic E-state index is -0.586. The summed E-state index contributed by atoms with van der Waals surface area (Å²) in [5, 5.41) is 9.27. The van der Waals surface area contributed by atoms with Crippen LogP contribution in [0.3, 0.4) is 0 Å². The summed E-state index contributed by atoms with van der Waals surface area (Å²) in [5.74, 6) is 0.705. The van der Waals surface area contributed by atoms with Crippen LogP contribution >= 0.6 is 0 Å². The Bertz CT molecular complexity index is 662. The maximum Gasteiger partial charge on any atom is 0.161 e. The van der Waals surface area contributed by atoms with Gasteiger partial charge in [-0.2, -0.15) is 5.26 Å². The fourth-order valence-corrected chi connectivity index (χ4v) is 2.38. The number of ether oxygens (including phenoxy) is 1. The molecule has 0 radical (unpaired) electrons. The SMILES string of the molecule is Cc1ccc(-c2cnc(C3(C#N)COC3)[nH]2)c(C)c1. The highest BCUT2D eigenvalue weighted by Crippen LogP contribution is 2.31. The number of nitrogens with zero attached hydrogens (tertiary/aromatic N) is 2. The number of hydrogen-bond donors (Lipinski definition) is 1. The van der Waals surface area contributed by atoms with E-state index >= 15 is 0 Å². The van der Waals surface area contributed by atoms with Crippen LogP contribution in [0, 0.1) is 25.2 Å². The van der Waals surface area contributed by atoms with E-state index in [2.05, 4.69) is 48.1 Å². The molecule has 0 spiro atoms. The number of benzene rings is 1. The minimum absolute atomic E-state index is 0.420. The molecule has 2 aromatic rings. The Morgan fingerprint density at radius 3 is 2.74 bits per heavy atom. The van der Waals surface area contributed by atoms with E-state index in [1.165, 1.54) is 11.1 Å². The van der Waals surface area contributed by atoms with Gasteiger partial charge in [-0.05, 0) is 19.4 Å². The third kappa shape index (κ3) is 1.83. The molecule has 0 saturated carbocycles. The Hall–Kier alpha value is -2.12. The summed E-state index contributed by atoms with van der Waals surface area (Å²) in [7, 11) is 0. The predicted octanol–water partition coefficient (Wildman–Crippen LogP) is 2.49. The highest BCUT2D eigenvalue weighted by molar-refractivity contribution is 5.63. The molecule has 2 heterocycles. The van der Waals surface area contributed by atoms with Crippen LogP contribution in [-0.4, -0.2) is 23.2 Å². The van der Waals surface area contributed by atoms with E-state index in [9.17, 15) is 5.26 Å². The highest BCUT2D eigenvalue weighted by atomic mass is 16.5. The van der Waals surface area contributed by atoms with Crippen LogP contribution in [0.25, 0.3) is 11.3 Å². The van der Waals surface area contributed by atoms with Gasteiger partial charge < -0.3 is 9.72 Å². The fraction of sp³-hybridized carbons (Fsp3) is 0.333. The van der Waals surface area contributed by atoms with E-state index in [1.54, 1.807) is 6.20 Å². The Kier molecular flexibility index (Phi) is 2.65. The van der Waals surface area contributed by atoms with Gasteiger partial charge in [-0.25, -0.2) is 4.98 Å². The quantitative estimate of drug-likeness (QED) is 0.894. The second-order valence-corrected chi connectivity index (χ2v) is 5.15. The standard InChI is InChI=1S/C15H15N3O/c1-10-3-4-12(11(2)5-10)13-6-17-14(18-13)15(7-16)8-19-9-15/h3-6H,8-9H2,1-2H3,(H,17,18). The van der Waals surface area contributed by atoms with Gasteiger partial charge in [0.15, 0.2) is 5.41 Å². The third-order valence-electron chi connectivity index (χ3n) is 3.61. The molecule has 0 aliphatic carbocycles. The second-order valence-electron chi connectivity index (χ2n) is 5.15. The number of hydrogen-bond acceptors (Lipinski definition) is 3. The van der Waals surface area contributed by atoms with Crippen LogP contribution in [-0.2, 0) is 10.2 Å². The zero-order valence-electron chi connectivity index (χ0n) is 11.0. The molecule has 4 nitrogen and oxygen atoms in total. The topological polar surface area (TPSA) is 61.7 Å². The summed E-state index contributed by atoms with van der Waals surface area (Å²) in [4.78, 5) is 7.63. The van der Waals surface area contributed by atoms with Gasteiger partial charge in [0, 0.05) is 5.56 Å². The molecule has 1 saturated heterocycles. The maximum atomic E-state index is 9.27. The van der Waals surface area contributed by atoms with Crippen molar-refractivity contribution >= 4 is 0 Å². The lowest BCUT2D eigenvalue weighted by atomic mass is 9.87. The van der Waals surface area contributed by atoms with Crippen molar-refractivity contribution in [3.8, 4) is 17.3 Å². The number of H-pyrrole nitrogens is 1. The monoisotopic (exact) mass is 253 g/mol. The van der Waals surface area contributed by atoms with E-state index < -0.39 is 5.41 Å². The summed E-state index contributed by atoms with van der Waals surface area (Å²) >= 11 is 0. The van der Waals surface area contributed by atoms with E-state index in [0.29, 0.717) is 19.0 Å². The molecule has 1 N–H and O–H groups in total. The molecular weight excluding hydrogens is 238 g/mol.